The second-order valence-electron chi connectivity index (χ2n) is 5.16. The zero-order valence-corrected chi connectivity index (χ0v) is 13.6. The molecule has 0 aliphatic rings. The highest BCUT2D eigenvalue weighted by atomic mass is 19.1. The number of aromatic carboxylic acids is 1. The molecule has 138 valence electrons. The Kier molecular flexibility index (Phi) is 5.94. The van der Waals surface area contributed by atoms with E-state index < -0.39 is 41.7 Å². The van der Waals surface area contributed by atoms with Gasteiger partial charge in [0.2, 0.25) is 11.8 Å². The molecule has 2 N–H and O–H groups in total. The molecule has 1 heterocycles. The minimum Gasteiger partial charge on any atom is -0.476 e. The Labute approximate surface area is 146 Å². The summed E-state index contributed by atoms with van der Waals surface area (Å²) in [5.74, 6) is -4.48. The monoisotopic (exact) mass is 367 g/mol. The largest absolute Gasteiger partial charge is 0.476 e. The van der Waals surface area contributed by atoms with Gasteiger partial charge in [-0.3, -0.25) is 9.59 Å². The molecule has 26 heavy (non-hydrogen) atoms. The van der Waals surface area contributed by atoms with Gasteiger partial charge in [-0.15, -0.1) is 5.10 Å². The normalized spacial score (nSPS) is 10.4. The van der Waals surface area contributed by atoms with E-state index in [9.17, 15) is 23.2 Å². The summed E-state index contributed by atoms with van der Waals surface area (Å²) in [6, 6.07) is 3.14. The minimum atomic E-state index is -1.29. The summed E-state index contributed by atoms with van der Waals surface area (Å²) in [5.41, 5.74) is -0.919. The van der Waals surface area contributed by atoms with Gasteiger partial charge in [-0.2, -0.15) is 0 Å². The predicted octanol–water partition coefficient (Wildman–Crippen LogP) is 0.742. The fourth-order valence-corrected chi connectivity index (χ4v) is 2.06. The molecule has 0 spiro atoms. The third-order valence-corrected chi connectivity index (χ3v) is 3.35. The van der Waals surface area contributed by atoms with Crippen molar-refractivity contribution in [1.29, 1.82) is 0 Å². The highest BCUT2D eigenvalue weighted by molar-refractivity contribution is 5.94. The van der Waals surface area contributed by atoms with Gasteiger partial charge in [0.1, 0.15) is 23.9 Å². The van der Waals surface area contributed by atoms with Crippen LogP contribution in [-0.2, 0) is 16.1 Å². The van der Waals surface area contributed by atoms with Crippen LogP contribution in [0.15, 0.2) is 24.4 Å². The number of hydrogen-bond donors (Lipinski definition) is 2. The Morgan fingerprint density at radius 1 is 1.27 bits per heavy atom. The summed E-state index contributed by atoms with van der Waals surface area (Å²) in [4.78, 5) is 36.1. The van der Waals surface area contributed by atoms with Gasteiger partial charge in [0, 0.05) is 6.54 Å². The molecular weight excluding hydrogens is 352 g/mol. The molecule has 9 nitrogen and oxygen atoms in total. The Hall–Kier alpha value is -3.37. The van der Waals surface area contributed by atoms with Gasteiger partial charge in [0.05, 0.1) is 12.7 Å². The number of likely N-dealkylation sites (N-methyl/N-ethyl adjacent to an activating group) is 1. The van der Waals surface area contributed by atoms with Crippen LogP contribution >= 0.6 is 0 Å². The number of para-hydroxylation sites is 1. The first-order valence-electron chi connectivity index (χ1n) is 7.46. The van der Waals surface area contributed by atoms with Gasteiger partial charge < -0.3 is 15.3 Å². The number of aromatic nitrogens is 3. The molecule has 2 aromatic rings. The van der Waals surface area contributed by atoms with Crippen LogP contribution in [0.1, 0.15) is 17.4 Å². The molecule has 0 saturated carbocycles. The highest BCUT2D eigenvalue weighted by Crippen LogP contribution is 2.17. The molecule has 11 heteroatoms. The topological polar surface area (TPSA) is 117 Å². The number of carboxylic acids is 1. The molecular formula is C15H15F2N5O4. The van der Waals surface area contributed by atoms with Gasteiger partial charge in [-0.05, 0) is 19.1 Å². The van der Waals surface area contributed by atoms with E-state index in [0.29, 0.717) is 0 Å². The maximum absolute atomic E-state index is 13.5. The summed E-state index contributed by atoms with van der Waals surface area (Å²) >= 11 is 0. The van der Waals surface area contributed by atoms with Crippen molar-refractivity contribution in [3.05, 3.63) is 41.7 Å². The SMILES string of the molecule is CCN(CC(=O)Nc1c(F)cccc1F)C(=O)Cn1cc(C(=O)O)nn1. The van der Waals surface area contributed by atoms with Crippen molar-refractivity contribution in [2.75, 3.05) is 18.4 Å². The van der Waals surface area contributed by atoms with Crippen LogP contribution in [-0.4, -0.2) is 55.9 Å². The zero-order chi connectivity index (χ0) is 19.3. The first-order chi connectivity index (χ1) is 12.3. The fourth-order valence-electron chi connectivity index (χ4n) is 2.06. The van der Waals surface area contributed by atoms with E-state index in [1.165, 1.54) is 0 Å². The average molecular weight is 367 g/mol. The van der Waals surface area contributed by atoms with Crippen LogP contribution in [0, 0.1) is 11.6 Å². The van der Waals surface area contributed by atoms with E-state index in [1.807, 2.05) is 0 Å². The number of carboxylic acid groups (broad SMARTS) is 1. The third-order valence-electron chi connectivity index (χ3n) is 3.35. The maximum Gasteiger partial charge on any atom is 0.358 e. The van der Waals surface area contributed by atoms with Crippen molar-refractivity contribution >= 4 is 23.5 Å². The van der Waals surface area contributed by atoms with E-state index in [0.717, 1.165) is 34.0 Å². The lowest BCUT2D eigenvalue weighted by molar-refractivity contribution is -0.135. The van der Waals surface area contributed by atoms with Crippen molar-refractivity contribution in [1.82, 2.24) is 19.9 Å². The van der Waals surface area contributed by atoms with Crippen LogP contribution in [0.4, 0.5) is 14.5 Å². The van der Waals surface area contributed by atoms with Crippen LogP contribution in [0.25, 0.3) is 0 Å². The molecule has 2 rings (SSSR count). The Balaban J connectivity index is 1.99. The maximum atomic E-state index is 13.5. The summed E-state index contributed by atoms with van der Waals surface area (Å²) in [6.45, 7) is 0.977. The summed E-state index contributed by atoms with van der Waals surface area (Å²) < 4.78 is 28.1. The van der Waals surface area contributed by atoms with Crippen molar-refractivity contribution in [3.63, 3.8) is 0 Å². The number of nitrogens with zero attached hydrogens (tertiary/aromatic N) is 4. The molecule has 0 unspecified atom stereocenters. The van der Waals surface area contributed by atoms with Crippen molar-refractivity contribution in [3.8, 4) is 0 Å². The lowest BCUT2D eigenvalue weighted by Crippen LogP contribution is -2.39. The molecule has 0 aliphatic heterocycles. The minimum absolute atomic E-state index is 0.145. The van der Waals surface area contributed by atoms with Crippen molar-refractivity contribution in [2.45, 2.75) is 13.5 Å². The van der Waals surface area contributed by atoms with Gasteiger partial charge in [0.15, 0.2) is 5.69 Å². The molecule has 0 atom stereocenters. The molecule has 1 aromatic carbocycles. The van der Waals surface area contributed by atoms with Crippen molar-refractivity contribution in [2.24, 2.45) is 0 Å². The number of hydrogen-bond acceptors (Lipinski definition) is 5. The number of halogens is 2. The van der Waals surface area contributed by atoms with Crippen LogP contribution < -0.4 is 5.32 Å². The summed E-state index contributed by atoms with van der Waals surface area (Å²) in [7, 11) is 0. The lowest BCUT2D eigenvalue weighted by Gasteiger charge is -2.20. The molecule has 0 radical (unpaired) electrons. The van der Waals surface area contributed by atoms with Crippen LogP contribution in [0.5, 0.6) is 0 Å². The molecule has 1 aromatic heterocycles. The molecule has 0 saturated heterocycles. The number of nitrogens with one attached hydrogen (secondary N) is 1. The van der Waals surface area contributed by atoms with Gasteiger partial charge in [0.25, 0.3) is 0 Å². The summed E-state index contributed by atoms with van der Waals surface area (Å²) in [6.07, 6.45) is 1.07. The predicted molar refractivity (Wildman–Crippen MR) is 84.2 cm³/mol. The van der Waals surface area contributed by atoms with Gasteiger partial charge in [-0.25, -0.2) is 18.3 Å². The number of amides is 2. The first-order valence-corrected chi connectivity index (χ1v) is 7.46. The number of benzene rings is 1. The molecule has 0 aliphatic carbocycles. The quantitative estimate of drug-likeness (QED) is 0.745. The second-order valence-corrected chi connectivity index (χ2v) is 5.16. The number of rotatable bonds is 7. The standard InChI is InChI=1S/C15H15F2N5O4/c1-2-21(13(24)8-22-6-11(15(25)26)19-20-22)7-12(23)18-14-9(16)4-3-5-10(14)17/h3-6H,2,7-8H2,1H3,(H,18,23)(H,25,26). The number of anilines is 1. The van der Waals surface area contributed by atoms with E-state index in [2.05, 4.69) is 15.6 Å². The Morgan fingerprint density at radius 3 is 2.46 bits per heavy atom. The van der Waals surface area contributed by atoms with E-state index in [-0.39, 0.29) is 18.8 Å². The number of carbonyl (C=O) groups excluding carboxylic acids is 2. The van der Waals surface area contributed by atoms with Crippen LogP contribution in [0.2, 0.25) is 0 Å². The molecule has 0 fully saturated rings. The smallest absolute Gasteiger partial charge is 0.358 e. The average Bonchev–Trinajstić information content (AvgIpc) is 3.05. The van der Waals surface area contributed by atoms with Gasteiger partial charge >= 0.3 is 5.97 Å². The summed E-state index contributed by atoms with van der Waals surface area (Å²) in [5, 5.41) is 17.7. The zero-order valence-electron chi connectivity index (χ0n) is 13.6. The van der Waals surface area contributed by atoms with E-state index in [1.54, 1.807) is 6.92 Å². The first kappa shape index (κ1) is 19.0. The Morgan fingerprint density at radius 2 is 1.92 bits per heavy atom. The Bertz CT molecular complexity index is 819. The third kappa shape index (κ3) is 4.59. The fraction of sp³-hybridized carbons (Fsp3) is 0.267. The van der Waals surface area contributed by atoms with Crippen molar-refractivity contribution < 1.29 is 28.3 Å². The highest BCUT2D eigenvalue weighted by Gasteiger charge is 2.19. The van der Waals surface area contributed by atoms with E-state index >= 15 is 0 Å². The van der Waals surface area contributed by atoms with Gasteiger partial charge in [-0.1, -0.05) is 11.3 Å². The second kappa shape index (κ2) is 8.14. The van der Waals surface area contributed by atoms with Crippen LogP contribution in [0.3, 0.4) is 0 Å². The lowest BCUT2D eigenvalue weighted by atomic mass is 10.3. The molecule has 0 bridgehead atoms. The van der Waals surface area contributed by atoms with E-state index in [4.69, 9.17) is 5.11 Å². The molecule has 2 amide bonds. The number of carbonyl (C=O) groups is 3.